The van der Waals surface area contributed by atoms with Crippen LogP contribution >= 0.6 is 0 Å². The molecule has 3 N–H and O–H groups in total. The molecule has 0 fully saturated rings. The minimum Gasteiger partial charge on any atom is -0.492 e. The molecule has 6 heteroatoms. The van der Waals surface area contributed by atoms with Crippen LogP contribution in [0.1, 0.15) is 52.0 Å². The summed E-state index contributed by atoms with van der Waals surface area (Å²) >= 11 is 0. The summed E-state index contributed by atoms with van der Waals surface area (Å²) in [5.41, 5.74) is 0.364. The lowest BCUT2D eigenvalue weighted by molar-refractivity contribution is 0.0257. The van der Waals surface area contributed by atoms with E-state index in [1.807, 2.05) is 45.3 Å². The van der Waals surface area contributed by atoms with Crippen molar-refractivity contribution in [2.45, 2.75) is 58.6 Å². The summed E-state index contributed by atoms with van der Waals surface area (Å²) in [6, 6.07) is 8.02. The average molecular weight is 393 g/mol. The maximum atomic E-state index is 10.8. The van der Waals surface area contributed by atoms with Crippen molar-refractivity contribution < 1.29 is 9.84 Å². The lowest BCUT2D eigenvalue weighted by Gasteiger charge is -2.28. The van der Waals surface area contributed by atoms with Crippen LogP contribution in [-0.2, 0) is 6.54 Å². The lowest BCUT2D eigenvalue weighted by atomic mass is 9.93. The molecule has 0 aliphatic carbocycles. The first-order valence-corrected chi connectivity index (χ1v) is 10.5. The summed E-state index contributed by atoms with van der Waals surface area (Å²) in [5.74, 6) is 1.59. The van der Waals surface area contributed by atoms with Gasteiger partial charge in [0.25, 0.3) is 0 Å². The third-order valence-corrected chi connectivity index (χ3v) is 4.54. The molecule has 0 bridgehead atoms. The van der Waals surface area contributed by atoms with Crippen molar-refractivity contribution in [2.24, 2.45) is 4.99 Å². The summed E-state index contributed by atoms with van der Waals surface area (Å²) in [4.78, 5) is 6.80. The van der Waals surface area contributed by atoms with E-state index in [0.717, 1.165) is 56.0 Å². The minimum atomic E-state index is -0.688. The van der Waals surface area contributed by atoms with E-state index in [2.05, 4.69) is 29.4 Å². The molecule has 0 unspecified atom stereocenters. The molecule has 28 heavy (non-hydrogen) atoms. The van der Waals surface area contributed by atoms with E-state index in [4.69, 9.17) is 9.73 Å². The number of aliphatic hydroxyl groups is 1. The molecule has 1 aromatic rings. The smallest absolute Gasteiger partial charge is 0.191 e. The SMILES string of the molecule is CCCC(O)(CCC)CNC(=NCc1ccccc1OCCN(C)C)NCC. The number of nitrogens with zero attached hydrogens (tertiary/aromatic N) is 2. The predicted molar refractivity (Wildman–Crippen MR) is 118 cm³/mol. The Hall–Kier alpha value is -1.79. The van der Waals surface area contributed by atoms with Crippen LogP contribution in [0.2, 0.25) is 0 Å². The number of guanidine groups is 1. The van der Waals surface area contributed by atoms with E-state index in [1.54, 1.807) is 0 Å². The van der Waals surface area contributed by atoms with Crippen molar-refractivity contribution in [1.82, 2.24) is 15.5 Å². The van der Waals surface area contributed by atoms with Gasteiger partial charge < -0.3 is 25.4 Å². The fourth-order valence-corrected chi connectivity index (χ4v) is 3.10. The van der Waals surface area contributed by atoms with Crippen LogP contribution < -0.4 is 15.4 Å². The number of ether oxygens (including phenoxy) is 1. The zero-order valence-electron chi connectivity index (χ0n) is 18.4. The first kappa shape index (κ1) is 24.2. The molecule has 0 aliphatic rings. The van der Waals surface area contributed by atoms with Gasteiger partial charge in [0.15, 0.2) is 5.96 Å². The summed E-state index contributed by atoms with van der Waals surface area (Å²) < 4.78 is 5.93. The van der Waals surface area contributed by atoms with Crippen LogP contribution in [0.15, 0.2) is 29.3 Å². The summed E-state index contributed by atoms with van der Waals surface area (Å²) in [6.07, 6.45) is 3.50. The molecule has 6 nitrogen and oxygen atoms in total. The van der Waals surface area contributed by atoms with Gasteiger partial charge in [-0.2, -0.15) is 0 Å². The van der Waals surface area contributed by atoms with Crippen molar-refractivity contribution in [3.05, 3.63) is 29.8 Å². The second kappa shape index (κ2) is 13.4. The Morgan fingerprint density at radius 2 is 1.79 bits per heavy atom. The van der Waals surface area contributed by atoms with Crippen molar-refractivity contribution in [3.8, 4) is 5.75 Å². The van der Waals surface area contributed by atoms with Gasteiger partial charge in [-0.3, -0.25) is 0 Å². The number of benzene rings is 1. The van der Waals surface area contributed by atoms with E-state index in [1.165, 1.54) is 0 Å². The highest BCUT2D eigenvalue weighted by molar-refractivity contribution is 5.79. The molecule has 0 aromatic heterocycles. The Morgan fingerprint density at radius 3 is 2.39 bits per heavy atom. The number of hydrogen-bond donors (Lipinski definition) is 3. The number of para-hydroxylation sites is 1. The van der Waals surface area contributed by atoms with Crippen LogP contribution in [0.4, 0.5) is 0 Å². The second-order valence-electron chi connectivity index (χ2n) is 7.53. The molecule has 0 radical (unpaired) electrons. The van der Waals surface area contributed by atoms with Crippen LogP contribution in [0, 0.1) is 0 Å². The van der Waals surface area contributed by atoms with Crippen molar-refractivity contribution in [2.75, 3.05) is 40.3 Å². The maximum absolute atomic E-state index is 10.8. The van der Waals surface area contributed by atoms with Gasteiger partial charge in [-0.25, -0.2) is 4.99 Å². The topological polar surface area (TPSA) is 69.1 Å². The third kappa shape index (κ3) is 9.42. The largest absolute Gasteiger partial charge is 0.492 e. The average Bonchev–Trinajstić information content (AvgIpc) is 2.65. The first-order chi connectivity index (χ1) is 13.4. The van der Waals surface area contributed by atoms with Crippen LogP contribution in [0.5, 0.6) is 5.75 Å². The number of aliphatic imine (C=N–C) groups is 1. The first-order valence-electron chi connectivity index (χ1n) is 10.5. The second-order valence-corrected chi connectivity index (χ2v) is 7.53. The fraction of sp³-hybridized carbons (Fsp3) is 0.682. The van der Waals surface area contributed by atoms with E-state index >= 15 is 0 Å². The standard InChI is InChI=1S/C22H40N4O2/c1-6-13-22(27,14-7-2)18-25-21(23-8-3)24-17-19-11-9-10-12-20(19)28-16-15-26(4)5/h9-12,27H,6-8,13-18H2,1-5H3,(H2,23,24,25). The van der Waals surface area contributed by atoms with Gasteiger partial charge >= 0.3 is 0 Å². The normalized spacial score (nSPS) is 12.3. The van der Waals surface area contributed by atoms with E-state index in [-0.39, 0.29) is 0 Å². The Balaban J connectivity index is 2.76. The Labute approximate surface area is 171 Å². The predicted octanol–water partition coefficient (Wildman–Crippen LogP) is 3.01. The highest BCUT2D eigenvalue weighted by Gasteiger charge is 2.24. The van der Waals surface area contributed by atoms with Gasteiger partial charge in [-0.05, 0) is 39.9 Å². The summed E-state index contributed by atoms with van der Waals surface area (Å²) in [6.45, 7) is 9.56. The van der Waals surface area contributed by atoms with Crippen molar-refractivity contribution in [3.63, 3.8) is 0 Å². The minimum absolute atomic E-state index is 0.501. The molecular formula is C22H40N4O2. The summed E-state index contributed by atoms with van der Waals surface area (Å²) in [7, 11) is 4.07. The fourth-order valence-electron chi connectivity index (χ4n) is 3.10. The van der Waals surface area contributed by atoms with Gasteiger partial charge in [0.05, 0.1) is 12.1 Å². The van der Waals surface area contributed by atoms with Crippen LogP contribution in [0.3, 0.4) is 0 Å². The molecular weight excluding hydrogens is 352 g/mol. The van der Waals surface area contributed by atoms with E-state index in [0.29, 0.717) is 19.7 Å². The monoisotopic (exact) mass is 392 g/mol. The molecule has 0 heterocycles. The molecule has 0 spiro atoms. The maximum Gasteiger partial charge on any atom is 0.191 e. The number of rotatable bonds is 13. The quantitative estimate of drug-likeness (QED) is 0.356. The third-order valence-electron chi connectivity index (χ3n) is 4.54. The molecule has 1 aromatic carbocycles. The van der Waals surface area contributed by atoms with Gasteiger partial charge in [-0.15, -0.1) is 0 Å². The van der Waals surface area contributed by atoms with Crippen molar-refractivity contribution in [1.29, 1.82) is 0 Å². The highest BCUT2D eigenvalue weighted by atomic mass is 16.5. The molecule has 0 saturated carbocycles. The van der Waals surface area contributed by atoms with Gasteiger partial charge in [0.2, 0.25) is 0 Å². The lowest BCUT2D eigenvalue weighted by Crippen LogP contribution is -2.47. The van der Waals surface area contributed by atoms with E-state index in [9.17, 15) is 5.11 Å². The molecule has 160 valence electrons. The Bertz CT molecular complexity index is 569. The summed E-state index contributed by atoms with van der Waals surface area (Å²) in [5, 5.41) is 17.4. The zero-order chi connectivity index (χ0) is 20.8. The Morgan fingerprint density at radius 1 is 1.11 bits per heavy atom. The van der Waals surface area contributed by atoms with Crippen LogP contribution in [-0.4, -0.2) is 61.9 Å². The molecule has 0 atom stereocenters. The van der Waals surface area contributed by atoms with Gasteiger partial charge in [-0.1, -0.05) is 44.9 Å². The zero-order valence-corrected chi connectivity index (χ0v) is 18.4. The van der Waals surface area contributed by atoms with E-state index < -0.39 is 5.60 Å². The molecule has 0 saturated heterocycles. The van der Waals surface area contributed by atoms with Gasteiger partial charge in [0, 0.05) is 25.2 Å². The molecule has 0 amide bonds. The van der Waals surface area contributed by atoms with Crippen molar-refractivity contribution >= 4 is 5.96 Å². The molecule has 1 rings (SSSR count). The highest BCUT2D eigenvalue weighted by Crippen LogP contribution is 2.20. The van der Waals surface area contributed by atoms with Gasteiger partial charge in [0.1, 0.15) is 12.4 Å². The number of hydrogen-bond acceptors (Lipinski definition) is 4. The Kier molecular flexibility index (Phi) is 11.6. The number of nitrogens with one attached hydrogen (secondary N) is 2. The molecule has 0 aliphatic heterocycles. The number of likely N-dealkylation sites (N-methyl/N-ethyl adjacent to an activating group) is 1. The van der Waals surface area contributed by atoms with Crippen LogP contribution in [0.25, 0.3) is 0 Å².